The van der Waals surface area contributed by atoms with Crippen LogP contribution >= 0.6 is 0 Å². The molecule has 380 valence electrons. The lowest BCUT2D eigenvalue weighted by atomic mass is 10.0. The van der Waals surface area contributed by atoms with Crippen molar-refractivity contribution in [3.05, 3.63) is 0 Å². The first-order valence-corrected chi connectivity index (χ1v) is 31.3. The van der Waals surface area contributed by atoms with Crippen molar-refractivity contribution in [1.82, 2.24) is 0 Å². The van der Waals surface area contributed by atoms with Gasteiger partial charge in [0.05, 0.1) is 0 Å². The molecule has 0 aliphatic carbocycles. The molecule has 0 atom stereocenters. The van der Waals surface area contributed by atoms with Crippen molar-refractivity contribution in [1.29, 1.82) is 0 Å². The average Bonchev–Trinajstić information content (AvgIpc) is 3.28. The number of hydrogen-bond acceptors (Lipinski definition) is 0. The minimum atomic E-state index is 0.895. The van der Waals surface area contributed by atoms with Crippen LogP contribution in [0.5, 0.6) is 0 Å². The third-order valence-corrected chi connectivity index (χ3v) is 15.1. The fraction of sp³-hybridized carbons (Fsp3) is 1.00. The second-order valence-electron chi connectivity index (χ2n) is 22.3. The molecule has 0 nitrogen and oxygen atoms in total. The van der Waals surface area contributed by atoms with Crippen LogP contribution in [-0.4, -0.2) is 0 Å². The molecule has 0 aliphatic heterocycles. The summed E-state index contributed by atoms with van der Waals surface area (Å²) in [6.45, 7) is 7.03. The molecule has 0 radical (unpaired) electrons. The van der Waals surface area contributed by atoms with Crippen LogP contribution in [-0.2, 0) is 0 Å². The van der Waals surface area contributed by atoms with E-state index in [1.165, 1.54) is 379 Å². The standard InChI is InChI=1S/C63H128/c1-4-5-6-7-8-9-10-11-12-13-14-15-16-17-18-19-20-21-22-23-24-25-26-27-28-29-30-31-32-33-34-35-36-37-38-39-40-41-42-43-44-45-46-47-48-49-50-51-52-53-54-55-56-57-58-59-60-61-62-63(2)3/h63H,4-62H2,1-3H3. The predicted octanol–water partition coefficient (Wildman–Crippen LogP) is 24.7. The molecule has 0 unspecified atom stereocenters. The van der Waals surface area contributed by atoms with Gasteiger partial charge in [-0.1, -0.05) is 400 Å². The lowest BCUT2D eigenvalue weighted by molar-refractivity contribution is 0.500. The van der Waals surface area contributed by atoms with E-state index < -0.39 is 0 Å². The van der Waals surface area contributed by atoms with Crippen LogP contribution in [0.2, 0.25) is 0 Å². The Labute approximate surface area is 403 Å². The van der Waals surface area contributed by atoms with E-state index in [1.54, 1.807) is 0 Å². The van der Waals surface area contributed by atoms with Crippen LogP contribution in [0.25, 0.3) is 0 Å². The van der Waals surface area contributed by atoms with Gasteiger partial charge in [-0.25, -0.2) is 0 Å². The van der Waals surface area contributed by atoms with Crippen LogP contribution in [0, 0.1) is 5.92 Å². The fourth-order valence-corrected chi connectivity index (χ4v) is 10.5. The lowest BCUT2D eigenvalue weighted by Crippen LogP contribution is -1.87. The zero-order valence-electron chi connectivity index (χ0n) is 45.3. The van der Waals surface area contributed by atoms with Gasteiger partial charge in [0.1, 0.15) is 0 Å². The molecule has 0 aromatic heterocycles. The molecular weight excluding hydrogens is 757 g/mol. The summed E-state index contributed by atoms with van der Waals surface area (Å²) in [5.41, 5.74) is 0. The summed E-state index contributed by atoms with van der Waals surface area (Å²) < 4.78 is 0. The van der Waals surface area contributed by atoms with E-state index in [-0.39, 0.29) is 0 Å². The third kappa shape index (κ3) is 62.0. The number of rotatable bonds is 59. The van der Waals surface area contributed by atoms with Gasteiger partial charge in [0.15, 0.2) is 0 Å². The summed E-state index contributed by atoms with van der Waals surface area (Å²) in [6, 6.07) is 0. The summed E-state index contributed by atoms with van der Waals surface area (Å²) in [5, 5.41) is 0. The van der Waals surface area contributed by atoms with Crippen LogP contribution in [0.3, 0.4) is 0 Å². The van der Waals surface area contributed by atoms with Crippen molar-refractivity contribution in [3.8, 4) is 0 Å². The van der Waals surface area contributed by atoms with Crippen molar-refractivity contribution in [2.45, 2.75) is 400 Å². The van der Waals surface area contributed by atoms with Crippen molar-refractivity contribution >= 4 is 0 Å². The molecule has 0 saturated heterocycles. The average molecular weight is 886 g/mol. The first-order valence-electron chi connectivity index (χ1n) is 31.3. The Morgan fingerprint density at radius 2 is 0.238 bits per heavy atom. The van der Waals surface area contributed by atoms with Crippen LogP contribution in [0.4, 0.5) is 0 Å². The largest absolute Gasteiger partial charge is 0.0654 e. The second-order valence-corrected chi connectivity index (χ2v) is 22.3. The molecule has 63 heavy (non-hydrogen) atoms. The summed E-state index contributed by atoms with van der Waals surface area (Å²) in [4.78, 5) is 0. The monoisotopic (exact) mass is 885 g/mol. The highest BCUT2D eigenvalue weighted by molar-refractivity contribution is 4.56. The number of unbranched alkanes of at least 4 members (excludes halogenated alkanes) is 57. The Bertz CT molecular complexity index is 736. The zero-order valence-corrected chi connectivity index (χ0v) is 45.3. The first kappa shape index (κ1) is 63.0. The van der Waals surface area contributed by atoms with Crippen LogP contribution in [0.15, 0.2) is 0 Å². The Morgan fingerprint density at radius 3 is 0.333 bits per heavy atom. The van der Waals surface area contributed by atoms with Crippen molar-refractivity contribution in [3.63, 3.8) is 0 Å². The van der Waals surface area contributed by atoms with Crippen LogP contribution < -0.4 is 0 Å². The Morgan fingerprint density at radius 1 is 0.143 bits per heavy atom. The minimum absolute atomic E-state index is 0.895. The van der Waals surface area contributed by atoms with E-state index in [4.69, 9.17) is 0 Å². The van der Waals surface area contributed by atoms with Gasteiger partial charge in [0, 0.05) is 0 Å². The predicted molar refractivity (Wildman–Crippen MR) is 293 cm³/mol. The van der Waals surface area contributed by atoms with E-state index in [9.17, 15) is 0 Å². The maximum atomic E-state index is 2.36. The van der Waals surface area contributed by atoms with Crippen LogP contribution in [0.1, 0.15) is 400 Å². The third-order valence-electron chi connectivity index (χ3n) is 15.1. The quantitative estimate of drug-likeness (QED) is 0.0534. The molecule has 0 aromatic carbocycles. The van der Waals surface area contributed by atoms with Crippen molar-refractivity contribution in [2.75, 3.05) is 0 Å². The highest BCUT2D eigenvalue weighted by Gasteiger charge is 2.00. The van der Waals surface area contributed by atoms with Gasteiger partial charge in [-0.05, 0) is 5.92 Å². The highest BCUT2D eigenvalue weighted by atomic mass is 14.1. The van der Waals surface area contributed by atoms with Gasteiger partial charge >= 0.3 is 0 Å². The first-order chi connectivity index (χ1) is 31.3. The Balaban J connectivity index is 3.06. The molecule has 0 heterocycles. The molecule has 0 aromatic rings. The molecular formula is C63H128. The van der Waals surface area contributed by atoms with Gasteiger partial charge in [0.25, 0.3) is 0 Å². The molecule has 0 rings (SSSR count). The smallest absolute Gasteiger partial charge is 0.0471 e. The molecule has 0 aliphatic rings. The van der Waals surface area contributed by atoms with E-state index in [0.29, 0.717) is 0 Å². The van der Waals surface area contributed by atoms with E-state index in [2.05, 4.69) is 20.8 Å². The van der Waals surface area contributed by atoms with E-state index >= 15 is 0 Å². The van der Waals surface area contributed by atoms with Gasteiger partial charge < -0.3 is 0 Å². The highest BCUT2D eigenvalue weighted by Crippen LogP contribution is 2.20. The zero-order chi connectivity index (χ0) is 45.3. The molecule has 0 spiro atoms. The second kappa shape index (κ2) is 60.0. The summed E-state index contributed by atoms with van der Waals surface area (Å²) in [6.07, 6.45) is 87.9. The lowest BCUT2D eigenvalue weighted by Gasteiger charge is -2.05. The molecule has 0 bridgehead atoms. The molecule has 0 N–H and O–H groups in total. The van der Waals surface area contributed by atoms with Gasteiger partial charge in [-0.3, -0.25) is 0 Å². The van der Waals surface area contributed by atoms with Crippen molar-refractivity contribution < 1.29 is 0 Å². The van der Waals surface area contributed by atoms with Gasteiger partial charge in [-0.2, -0.15) is 0 Å². The van der Waals surface area contributed by atoms with Crippen molar-refractivity contribution in [2.24, 2.45) is 5.92 Å². The Kier molecular flexibility index (Phi) is 60.0. The molecule has 0 saturated carbocycles. The van der Waals surface area contributed by atoms with Gasteiger partial charge in [0.2, 0.25) is 0 Å². The summed E-state index contributed by atoms with van der Waals surface area (Å²) in [5.74, 6) is 0.895. The normalized spacial score (nSPS) is 11.8. The number of hydrogen-bond donors (Lipinski definition) is 0. The molecule has 0 heteroatoms. The summed E-state index contributed by atoms with van der Waals surface area (Å²) in [7, 11) is 0. The van der Waals surface area contributed by atoms with E-state index in [1.807, 2.05) is 0 Å². The topological polar surface area (TPSA) is 0 Å². The maximum absolute atomic E-state index is 2.36. The maximum Gasteiger partial charge on any atom is -0.0471 e. The molecule has 0 amide bonds. The SMILES string of the molecule is CCCCCCCCCCCCCCCCCCCCCCCCCCCCCCCCCCCCCCCCCCCCCCCCCCCCCCCCCCCCC(C)C. The minimum Gasteiger partial charge on any atom is -0.0654 e. The fourth-order valence-electron chi connectivity index (χ4n) is 10.5. The van der Waals surface area contributed by atoms with Gasteiger partial charge in [-0.15, -0.1) is 0 Å². The summed E-state index contributed by atoms with van der Waals surface area (Å²) >= 11 is 0. The molecule has 0 fully saturated rings. The Hall–Kier alpha value is 0. The van der Waals surface area contributed by atoms with E-state index in [0.717, 1.165) is 5.92 Å².